The second-order valence-corrected chi connectivity index (χ2v) is 4.73. The molecule has 4 nitrogen and oxygen atoms in total. The molecule has 19 heavy (non-hydrogen) atoms. The average molecular weight is 255 g/mol. The van der Waals surface area contributed by atoms with Gasteiger partial charge >= 0.3 is 0 Å². The lowest BCUT2D eigenvalue weighted by Crippen LogP contribution is -2.26. The molecule has 1 N–H and O–H groups in total. The molecule has 0 saturated carbocycles. The summed E-state index contributed by atoms with van der Waals surface area (Å²) in [5.74, 6) is 0.0816. The predicted octanol–water partition coefficient (Wildman–Crippen LogP) is 1.78. The zero-order chi connectivity index (χ0) is 13.2. The number of fused-ring (bicyclic) bond motifs is 1. The third-order valence-corrected chi connectivity index (χ3v) is 3.63. The van der Waals surface area contributed by atoms with Crippen LogP contribution in [0.3, 0.4) is 0 Å². The molecule has 0 aliphatic carbocycles. The Morgan fingerprint density at radius 3 is 3.16 bits per heavy atom. The van der Waals surface area contributed by atoms with Crippen molar-refractivity contribution in [3.63, 3.8) is 0 Å². The molecule has 0 fully saturated rings. The van der Waals surface area contributed by atoms with E-state index in [0.29, 0.717) is 12.2 Å². The van der Waals surface area contributed by atoms with Crippen molar-refractivity contribution in [1.29, 1.82) is 0 Å². The van der Waals surface area contributed by atoms with Crippen molar-refractivity contribution in [3.8, 4) is 0 Å². The summed E-state index contributed by atoms with van der Waals surface area (Å²) in [4.78, 5) is 12.7. The van der Waals surface area contributed by atoms with E-state index in [1.165, 1.54) is 11.1 Å². The van der Waals surface area contributed by atoms with Crippen LogP contribution < -0.4 is 5.32 Å². The maximum Gasteiger partial charge on any atom is 0.211 e. The number of aryl methyl sites for hydroxylation is 1. The van der Waals surface area contributed by atoms with Gasteiger partial charge in [0, 0.05) is 24.8 Å². The first-order valence-corrected chi connectivity index (χ1v) is 6.69. The third kappa shape index (κ3) is 2.08. The molecule has 2 aromatic rings. The highest BCUT2D eigenvalue weighted by Gasteiger charge is 2.20. The van der Waals surface area contributed by atoms with Gasteiger partial charge < -0.3 is 5.32 Å². The summed E-state index contributed by atoms with van der Waals surface area (Å²) in [6, 6.07) is 7.78. The molecule has 0 bridgehead atoms. The number of carbonyl (C=O) groups excluding carboxylic acids is 1. The maximum absolute atomic E-state index is 12.7. The molecule has 98 valence electrons. The normalized spacial score (nSPS) is 14.2. The second kappa shape index (κ2) is 4.97. The van der Waals surface area contributed by atoms with Crippen LogP contribution in [0.4, 0.5) is 0 Å². The third-order valence-electron chi connectivity index (χ3n) is 3.63. The van der Waals surface area contributed by atoms with Gasteiger partial charge in [-0.15, -0.1) is 0 Å². The van der Waals surface area contributed by atoms with Crippen molar-refractivity contribution >= 4 is 5.78 Å². The number of hydrogen-bond donors (Lipinski definition) is 1. The molecule has 1 aromatic carbocycles. The van der Waals surface area contributed by atoms with Crippen LogP contribution in [-0.2, 0) is 19.5 Å². The molecule has 4 heteroatoms. The Hall–Kier alpha value is -1.94. The fourth-order valence-electron chi connectivity index (χ4n) is 2.66. The van der Waals surface area contributed by atoms with E-state index in [0.717, 1.165) is 25.1 Å². The van der Waals surface area contributed by atoms with Gasteiger partial charge in [0.25, 0.3) is 0 Å². The first kappa shape index (κ1) is 12.1. The monoisotopic (exact) mass is 255 g/mol. The van der Waals surface area contributed by atoms with Crippen LogP contribution in [0, 0.1) is 0 Å². The van der Waals surface area contributed by atoms with Gasteiger partial charge in [0.1, 0.15) is 5.69 Å². The lowest BCUT2D eigenvalue weighted by molar-refractivity contribution is 0.102. The number of aromatic nitrogens is 2. The van der Waals surface area contributed by atoms with E-state index >= 15 is 0 Å². The quantitative estimate of drug-likeness (QED) is 0.850. The largest absolute Gasteiger partial charge is 0.312 e. The van der Waals surface area contributed by atoms with Crippen molar-refractivity contribution < 1.29 is 4.79 Å². The van der Waals surface area contributed by atoms with E-state index in [4.69, 9.17) is 0 Å². The first-order valence-electron chi connectivity index (χ1n) is 6.69. The van der Waals surface area contributed by atoms with E-state index in [1.807, 2.05) is 19.1 Å². The van der Waals surface area contributed by atoms with Crippen LogP contribution in [0.1, 0.15) is 34.1 Å². The number of rotatable bonds is 3. The van der Waals surface area contributed by atoms with Crippen LogP contribution in [0.5, 0.6) is 0 Å². The Morgan fingerprint density at radius 1 is 1.42 bits per heavy atom. The topological polar surface area (TPSA) is 46.9 Å². The number of nitrogens with zero attached hydrogens (tertiary/aromatic N) is 2. The number of carbonyl (C=O) groups is 1. The highest BCUT2D eigenvalue weighted by atomic mass is 16.1. The minimum Gasteiger partial charge on any atom is -0.312 e. The minimum atomic E-state index is 0.0816. The summed E-state index contributed by atoms with van der Waals surface area (Å²) in [6.07, 6.45) is 2.60. The van der Waals surface area contributed by atoms with E-state index in [9.17, 15) is 4.79 Å². The van der Waals surface area contributed by atoms with Crippen molar-refractivity contribution in [3.05, 3.63) is 52.8 Å². The van der Waals surface area contributed by atoms with Crippen molar-refractivity contribution in [2.45, 2.75) is 26.4 Å². The van der Waals surface area contributed by atoms with Gasteiger partial charge in [-0.25, -0.2) is 0 Å². The molecule has 0 radical (unpaired) electrons. The van der Waals surface area contributed by atoms with Gasteiger partial charge in [0.15, 0.2) is 0 Å². The average Bonchev–Trinajstić information content (AvgIpc) is 2.94. The molecule has 0 unspecified atom stereocenters. The number of benzene rings is 1. The highest BCUT2D eigenvalue weighted by molar-refractivity contribution is 6.09. The van der Waals surface area contributed by atoms with E-state index in [-0.39, 0.29) is 5.78 Å². The standard InChI is InChI=1S/C15H17N3O/c1-2-18-14(7-9-17-18)15(19)13-5-3-4-11-10-16-8-6-12(11)13/h3-5,7,9,16H,2,6,8,10H2,1H3. The van der Waals surface area contributed by atoms with Crippen molar-refractivity contribution in [1.82, 2.24) is 15.1 Å². The molecule has 1 aromatic heterocycles. The summed E-state index contributed by atoms with van der Waals surface area (Å²) in [5, 5.41) is 7.51. The molecule has 0 spiro atoms. The smallest absolute Gasteiger partial charge is 0.211 e. The van der Waals surface area contributed by atoms with Crippen molar-refractivity contribution in [2.75, 3.05) is 6.54 Å². The van der Waals surface area contributed by atoms with Crippen LogP contribution in [0.15, 0.2) is 30.5 Å². The first-order chi connectivity index (χ1) is 9.31. The minimum absolute atomic E-state index is 0.0816. The molecule has 0 atom stereocenters. The molecule has 0 amide bonds. The Morgan fingerprint density at radius 2 is 2.32 bits per heavy atom. The summed E-state index contributed by atoms with van der Waals surface area (Å²) in [7, 11) is 0. The van der Waals surface area contributed by atoms with Gasteiger partial charge in [-0.3, -0.25) is 9.48 Å². The molecule has 0 saturated heterocycles. The number of nitrogens with one attached hydrogen (secondary N) is 1. The maximum atomic E-state index is 12.7. The van der Waals surface area contributed by atoms with E-state index in [2.05, 4.69) is 16.5 Å². The van der Waals surface area contributed by atoms with Gasteiger partial charge in [-0.1, -0.05) is 18.2 Å². The summed E-state index contributed by atoms with van der Waals surface area (Å²) >= 11 is 0. The lowest BCUT2D eigenvalue weighted by atomic mass is 9.92. The molecular weight excluding hydrogens is 238 g/mol. The van der Waals surface area contributed by atoms with E-state index < -0.39 is 0 Å². The zero-order valence-electron chi connectivity index (χ0n) is 11.0. The summed E-state index contributed by atoms with van der Waals surface area (Å²) < 4.78 is 1.75. The Kier molecular flexibility index (Phi) is 3.17. The zero-order valence-corrected chi connectivity index (χ0v) is 11.0. The van der Waals surface area contributed by atoms with Crippen molar-refractivity contribution in [2.24, 2.45) is 0 Å². The SMILES string of the molecule is CCn1nccc1C(=O)c1cccc2c1CCNC2. The molecule has 1 aliphatic heterocycles. The van der Waals surface area contributed by atoms with Crippen LogP contribution >= 0.6 is 0 Å². The Labute approximate surface area is 112 Å². The highest BCUT2D eigenvalue weighted by Crippen LogP contribution is 2.21. The lowest BCUT2D eigenvalue weighted by Gasteiger charge is -2.19. The van der Waals surface area contributed by atoms with Crippen LogP contribution in [0.2, 0.25) is 0 Å². The number of hydrogen-bond acceptors (Lipinski definition) is 3. The number of ketones is 1. The molecule has 3 rings (SSSR count). The molecule has 1 aliphatic rings. The fraction of sp³-hybridized carbons (Fsp3) is 0.333. The second-order valence-electron chi connectivity index (χ2n) is 4.73. The van der Waals surface area contributed by atoms with Gasteiger partial charge in [-0.2, -0.15) is 5.10 Å². The van der Waals surface area contributed by atoms with Gasteiger partial charge in [0.2, 0.25) is 5.78 Å². The van der Waals surface area contributed by atoms with Gasteiger partial charge in [-0.05, 0) is 37.1 Å². The Balaban J connectivity index is 2.05. The summed E-state index contributed by atoms with van der Waals surface area (Å²) in [6.45, 7) is 4.49. The Bertz CT molecular complexity index is 616. The molecule has 2 heterocycles. The fourth-order valence-corrected chi connectivity index (χ4v) is 2.66. The summed E-state index contributed by atoms with van der Waals surface area (Å²) in [5.41, 5.74) is 3.93. The predicted molar refractivity (Wildman–Crippen MR) is 73.2 cm³/mol. The van der Waals surface area contributed by atoms with Gasteiger partial charge in [0.05, 0.1) is 0 Å². The van der Waals surface area contributed by atoms with Crippen LogP contribution in [0.25, 0.3) is 0 Å². The van der Waals surface area contributed by atoms with Crippen LogP contribution in [-0.4, -0.2) is 22.1 Å². The molecular formula is C15H17N3O. The van der Waals surface area contributed by atoms with E-state index in [1.54, 1.807) is 16.9 Å².